The van der Waals surface area contributed by atoms with Crippen molar-refractivity contribution in [1.82, 2.24) is 0 Å². The number of esters is 1. The Morgan fingerprint density at radius 3 is 2.17 bits per heavy atom. The van der Waals surface area contributed by atoms with Gasteiger partial charge in [-0.25, -0.2) is 4.79 Å². The molecule has 0 spiro atoms. The number of hydrogen-bond donors (Lipinski definition) is 1. The minimum absolute atomic E-state index is 0.113. The molecule has 1 rings (SSSR count). The standard InChI is InChI=1S/C17H23NO6/c1-3-17(20)24-13-11-22-9-8-21-10-12-23-16-6-4-15(5-7-16)18-14(2)19/h3-7H,1,8-13H2,2H3,(H,18,19). The monoisotopic (exact) mass is 337 g/mol. The summed E-state index contributed by atoms with van der Waals surface area (Å²) in [6.45, 7) is 6.96. The maximum absolute atomic E-state index is 10.9. The number of benzene rings is 1. The second kappa shape index (κ2) is 12.1. The number of anilines is 1. The van der Waals surface area contributed by atoms with Crippen LogP contribution in [0.15, 0.2) is 36.9 Å². The number of carbonyl (C=O) groups is 2. The molecule has 0 saturated heterocycles. The van der Waals surface area contributed by atoms with E-state index in [0.717, 1.165) is 11.8 Å². The second-order valence-corrected chi connectivity index (χ2v) is 4.65. The van der Waals surface area contributed by atoms with Gasteiger partial charge in [-0.15, -0.1) is 0 Å². The average molecular weight is 337 g/mol. The maximum atomic E-state index is 10.9. The van der Waals surface area contributed by atoms with Gasteiger partial charge in [-0.05, 0) is 24.3 Å². The fourth-order valence-corrected chi connectivity index (χ4v) is 1.64. The van der Waals surface area contributed by atoms with Crippen LogP contribution < -0.4 is 10.1 Å². The number of carbonyl (C=O) groups excluding carboxylic acids is 2. The molecule has 0 radical (unpaired) electrons. The zero-order valence-corrected chi connectivity index (χ0v) is 13.8. The topological polar surface area (TPSA) is 83.1 Å². The minimum atomic E-state index is -0.461. The van der Waals surface area contributed by atoms with E-state index in [4.69, 9.17) is 18.9 Å². The largest absolute Gasteiger partial charge is 0.491 e. The number of hydrogen-bond acceptors (Lipinski definition) is 6. The molecule has 0 aliphatic rings. The summed E-state index contributed by atoms with van der Waals surface area (Å²) in [5.74, 6) is 0.128. The van der Waals surface area contributed by atoms with E-state index in [1.54, 1.807) is 24.3 Å². The zero-order valence-electron chi connectivity index (χ0n) is 13.8. The Labute approximate surface area is 141 Å². The lowest BCUT2D eigenvalue weighted by Crippen LogP contribution is -2.13. The fourth-order valence-electron chi connectivity index (χ4n) is 1.64. The van der Waals surface area contributed by atoms with Crippen molar-refractivity contribution in [3.05, 3.63) is 36.9 Å². The van der Waals surface area contributed by atoms with E-state index in [1.807, 2.05) is 0 Å². The maximum Gasteiger partial charge on any atom is 0.330 e. The summed E-state index contributed by atoms with van der Waals surface area (Å²) >= 11 is 0. The molecule has 0 unspecified atom stereocenters. The first kappa shape index (κ1) is 19.7. The molecule has 0 bridgehead atoms. The quantitative estimate of drug-likeness (QED) is 0.356. The van der Waals surface area contributed by atoms with Gasteiger partial charge in [0.05, 0.1) is 26.4 Å². The first-order valence-electron chi connectivity index (χ1n) is 7.57. The van der Waals surface area contributed by atoms with Crippen molar-refractivity contribution in [3.8, 4) is 5.75 Å². The summed E-state index contributed by atoms with van der Waals surface area (Å²) in [5.41, 5.74) is 0.724. The summed E-state index contributed by atoms with van der Waals surface area (Å²) in [6.07, 6.45) is 1.11. The Balaban J connectivity index is 1.97. The van der Waals surface area contributed by atoms with Crippen LogP contribution in [0.1, 0.15) is 6.92 Å². The van der Waals surface area contributed by atoms with Crippen molar-refractivity contribution >= 4 is 17.6 Å². The fraction of sp³-hybridized carbons (Fsp3) is 0.412. The Morgan fingerprint density at radius 1 is 1.00 bits per heavy atom. The third-order valence-corrected chi connectivity index (χ3v) is 2.68. The molecule has 7 heteroatoms. The zero-order chi connectivity index (χ0) is 17.6. The molecule has 1 aromatic carbocycles. The van der Waals surface area contributed by atoms with Crippen LogP contribution in [0, 0.1) is 0 Å². The van der Waals surface area contributed by atoms with Crippen LogP contribution in [0.2, 0.25) is 0 Å². The van der Waals surface area contributed by atoms with E-state index in [1.165, 1.54) is 6.92 Å². The number of amides is 1. The van der Waals surface area contributed by atoms with Crippen molar-refractivity contribution in [1.29, 1.82) is 0 Å². The third kappa shape index (κ3) is 9.60. The van der Waals surface area contributed by atoms with Crippen LogP contribution in [0.4, 0.5) is 5.69 Å². The number of nitrogens with one attached hydrogen (secondary N) is 1. The predicted octanol–water partition coefficient (Wildman–Crippen LogP) is 1.79. The molecule has 0 aromatic heterocycles. The van der Waals surface area contributed by atoms with Gasteiger partial charge in [-0.2, -0.15) is 0 Å². The summed E-state index contributed by atoms with van der Waals surface area (Å²) in [6, 6.07) is 7.09. The molecule has 1 N–H and O–H groups in total. The van der Waals surface area contributed by atoms with Crippen LogP contribution in [0.25, 0.3) is 0 Å². The second-order valence-electron chi connectivity index (χ2n) is 4.65. The SMILES string of the molecule is C=CC(=O)OCCOCCOCCOc1ccc(NC(C)=O)cc1. The highest BCUT2D eigenvalue weighted by molar-refractivity contribution is 5.88. The highest BCUT2D eigenvalue weighted by atomic mass is 16.6. The molecule has 0 heterocycles. The van der Waals surface area contributed by atoms with E-state index < -0.39 is 5.97 Å². The van der Waals surface area contributed by atoms with Gasteiger partial charge in [-0.1, -0.05) is 6.58 Å². The Bertz CT molecular complexity index is 514. The van der Waals surface area contributed by atoms with Crippen LogP contribution in [0.3, 0.4) is 0 Å². The normalized spacial score (nSPS) is 10.0. The average Bonchev–Trinajstić information content (AvgIpc) is 2.57. The summed E-state index contributed by atoms with van der Waals surface area (Å²) in [5, 5.41) is 2.68. The molecule has 0 aliphatic heterocycles. The van der Waals surface area contributed by atoms with Crippen molar-refractivity contribution in [2.45, 2.75) is 6.92 Å². The molecule has 0 atom stereocenters. The lowest BCUT2D eigenvalue weighted by molar-refractivity contribution is -0.139. The van der Waals surface area contributed by atoms with Gasteiger partial charge in [0.2, 0.25) is 5.91 Å². The molecule has 0 fully saturated rings. The van der Waals surface area contributed by atoms with E-state index >= 15 is 0 Å². The molecule has 1 amide bonds. The smallest absolute Gasteiger partial charge is 0.330 e. The van der Waals surface area contributed by atoms with Crippen molar-refractivity contribution < 1.29 is 28.5 Å². The number of rotatable bonds is 12. The van der Waals surface area contributed by atoms with E-state index in [-0.39, 0.29) is 12.5 Å². The van der Waals surface area contributed by atoms with Gasteiger partial charge in [0.25, 0.3) is 0 Å². The predicted molar refractivity (Wildman–Crippen MR) is 89.0 cm³/mol. The first-order chi connectivity index (χ1) is 11.6. The highest BCUT2D eigenvalue weighted by Crippen LogP contribution is 2.15. The van der Waals surface area contributed by atoms with Crippen LogP contribution >= 0.6 is 0 Å². The molecular weight excluding hydrogens is 314 g/mol. The van der Waals surface area contributed by atoms with Gasteiger partial charge in [0.15, 0.2) is 0 Å². The molecular formula is C17H23NO6. The van der Waals surface area contributed by atoms with Crippen LogP contribution in [-0.4, -0.2) is 51.5 Å². The van der Waals surface area contributed by atoms with E-state index in [9.17, 15) is 9.59 Å². The summed E-state index contributed by atoms with van der Waals surface area (Å²) in [4.78, 5) is 21.7. The molecule has 132 valence electrons. The summed E-state index contributed by atoms with van der Waals surface area (Å²) < 4.78 is 20.8. The van der Waals surface area contributed by atoms with Crippen molar-refractivity contribution in [2.75, 3.05) is 45.0 Å². The van der Waals surface area contributed by atoms with Crippen LogP contribution in [0.5, 0.6) is 5.75 Å². The Kier molecular flexibility index (Phi) is 9.91. The molecule has 24 heavy (non-hydrogen) atoms. The van der Waals surface area contributed by atoms with Crippen molar-refractivity contribution in [3.63, 3.8) is 0 Å². The Hall–Kier alpha value is -2.38. The lowest BCUT2D eigenvalue weighted by Gasteiger charge is -2.09. The van der Waals surface area contributed by atoms with E-state index in [2.05, 4.69) is 11.9 Å². The highest BCUT2D eigenvalue weighted by Gasteiger charge is 1.98. The van der Waals surface area contributed by atoms with Crippen LogP contribution in [-0.2, 0) is 23.8 Å². The molecule has 0 aliphatic carbocycles. The molecule has 1 aromatic rings. The van der Waals surface area contributed by atoms with Gasteiger partial charge < -0.3 is 24.3 Å². The molecule has 7 nitrogen and oxygen atoms in total. The molecule has 0 saturated carbocycles. The minimum Gasteiger partial charge on any atom is -0.491 e. The summed E-state index contributed by atoms with van der Waals surface area (Å²) in [7, 11) is 0. The number of ether oxygens (including phenoxy) is 4. The lowest BCUT2D eigenvalue weighted by atomic mass is 10.3. The van der Waals surface area contributed by atoms with Gasteiger partial charge in [-0.3, -0.25) is 4.79 Å². The van der Waals surface area contributed by atoms with E-state index in [0.29, 0.717) is 38.8 Å². The van der Waals surface area contributed by atoms with Gasteiger partial charge in [0, 0.05) is 18.7 Å². The van der Waals surface area contributed by atoms with Crippen molar-refractivity contribution in [2.24, 2.45) is 0 Å². The third-order valence-electron chi connectivity index (χ3n) is 2.68. The van der Waals surface area contributed by atoms with Gasteiger partial charge in [0.1, 0.15) is 19.0 Å². The van der Waals surface area contributed by atoms with Gasteiger partial charge >= 0.3 is 5.97 Å². The first-order valence-corrected chi connectivity index (χ1v) is 7.57. The Morgan fingerprint density at radius 2 is 1.58 bits per heavy atom.